The normalized spacial score (nSPS) is 16.8. The molecule has 1 aliphatic heterocycles. The molecule has 1 fully saturated rings. The number of likely N-dealkylation sites (tertiary alicyclic amines) is 1. The van der Waals surface area contributed by atoms with Crippen molar-refractivity contribution in [1.82, 2.24) is 29.8 Å². The first-order valence-corrected chi connectivity index (χ1v) is 9.20. The molecule has 0 spiro atoms. The molecule has 142 valence electrons. The Morgan fingerprint density at radius 1 is 1.25 bits per heavy atom. The van der Waals surface area contributed by atoms with Crippen molar-refractivity contribution >= 4 is 5.91 Å². The van der Waals surface area contributed by atoms with Crippen LogP contribution in [0.5, 0.6) is 0 Å². The van der Waals surface area contributed by atoms with Gasteiger partial charge in [0.15, 0.2) is 5.82 Å². The highest BCUT2D eigenvalue weighted by atomic mass is 16.2. The van der Waals surface area contributed by atoms with E-state index < -0.39 is 0 Å². The van der Waals surface area contributed by atoms with E-state index in [1.54, 1.807) is 36.9 Å². The van der Waals surface area contributed by atoms with E-state index in [1.165, 1.54) is 6.07 Å². The van der Waals surface area contributed by atoms with Gasteiger partial charge in [0, 0.05) is 49.4 Å². The quantitative estimate of drug-likeness (QED) is 0.749. The molecule has 1 N–H and O–H groups in total. The molecule has 1 atom stereocenters. The number of carbonyl (C=O) groups excluding carboxylic acids is 1. The second kappa shape index (κ2) is 7.67. The van der Waals surface area contributed by atoms with Crippen LogP contribution in [0.15, 0.2) is 47.8 Å². The minimum Gasteiger partial charge on any atom is -0.338 e. The van der Waals surface area contributed by atoms with E-state index in [2.05, 4.69) is 24.9 Å². The first-order valence-electron chi connectivity index (χ1n) is 9.20. The summed E-state index contributed by atoms with van der Waals surface area (Å²) in [5.74, 6) is 0.351. The number of pyridine rings is 1. The molecular weight excluding hydrogens is 356 g/mol. The van der Waals surface area contributed by atoms with Crippen LogP contribution in [0.25, 0.3) is 11.5 Å². The highest BCUT2D eigenvalue weighted by Gasteiger charge is 2.27. The van der Waals surface area contributed by atoms with Crippen molar-refractivity contribution < 1.29 is 4.79 Å². The molecule has 0 aliphatic carbocycles. The van der Waals surface area contributed by atoms with Gasteiger partial charge >= 0.3 is 0 Å². The van der Waals surface area contributed by atoms with Gasteiger partial charge in [-0.2, -0.15) is 0 Å². The number of H-pyrrole nitrogens is 1. The SMILES string of the molecule is Cc1ncccc1C(=O)N1CCCC(c2cc(=O)[nH]c(-c3cnccn3)n2)C1. The third-order valence-electron chi connectivity index (χ3n) is 4.93. The fourth-order valence-electron chi connectivity index (χ4n) is 3.51. The summed E-state index contributed by atoms with van der Waals surface area (Å²) in [5.41, 5.74) is 2.27. The van der Waals surface area contributed by atoms with E-state index in [9.17, 15) is 9.59 Å². The monoisotopic (exact) mass is 376 g/mol. The number of rotatable bonds is 3. The number of nitrogens with one attached hydrogen (secondary N) is 1. The van der Waals surface area contributed by atoms with E-state index >= 15 is 0 Å². The summed E-state index contributed by atoms with van der Waals surface area (Å²) in [6.45, 7) is 3.04. The summed E-state index contributed by atoms with van der Waals surface area (Å²) in [7, 11) is 0. The summed E-state index contributed by atoms with van der Waals surface area (Å²) in [6, 6.07) is 5.08. The standard InChI is InChI=1S/C20H20N6O2/c1-13-15(5-2-6-22-13)20(28)26-9-3-4-14(12-26)16-10-18(27)25-19(24-16)17-11-21-7-8-23-17/h2,5-8,10-11,14H,3-4,9,12H2,1H3,(H,24,25,27). The lowest BCUT2D eigenvalue weighted by atomic mass is 9.94. The number of aromatic amines is 1. The zero-order chi connectivity index (χ0) is 19.5. The van der Waals surface area contributed by atoms with Crippen LogP contribution in [-0.4, -0.2) is 48.8 Å². The number of aryl methyl sites for hydroxylation is 1. The molecule has 0 bridgehead atoms. The summed E-state index contributed by atoms with van der Waals surface area (Å²) >= 11 is 0. The van der Waals surface area contributed by atoms with Gasteiger partial charge in [-0.1, -0.05) is 0 Å². The molecule has 8 nitrogen and oxygen atoms in total. The van der Waals surface area contributed by atoms with Gasteiger partial charge in [-0.3, -0.25) is 19.6 Å². The second-order valence-electron chi connectivity index (χ2n) is 6.84. The first-order chi connectivity index (χ1) is 13.6. The van der Waals surface area contributed by atoms with Crippen molar-refractivity contribution in [2.45, 2.75) is 25.7 Å². The first kappa shape index (κ1) is 18.0. The van der Waals surface area contributed by atoms with E-state index in [1.807, 2.05) is 11.8 Å². The van der Waals surface area contributed by atoms with Crippen LogP contribution in [0.2, 0.25) is 0 Å². The third-order valence-corrected chi connectivity index (χ3v) is 4.93. The Labute approximate surface area is 161 Å². The van der Waals surface area contributed by atoms with Crippen molar-refractivity contribution in [1.29, 1.82) is 0 Å². The number of carbonyl (C=O) groups is 1. The summed E-state index contributed by atoms with van der Waals surface area (Å²) in [5, 5.41) is 0. The zero-order valence-corrected chi connectivity index (χ0v) is 15.5. The fourth-order valence-corrected chi connectivity index (χ4v) is 3.51. The molecule has 28 heavy (non-hydrogen) atoms. The summed E-state index contributed by atoms with van der Waals surface area (Å²) in [6.07, 6.45) is 8.08. The average Bonchev–Trinajstić information content (AvgIpc) is 2.74. The number of piperidine rings is 1. The van der Waals surface area contributed by atoms with Crippen LogP contribution >= 0.6 is 0 Å². The molecule has 1 amide bonds. The highest BCUT2D eigenvalue weighted by Crippen LogP contribution is 2.27. The predicted molar refractivity (Wildman–Crippen MR) is 103 cm³/mol. The van der Waals surface area contributed by atoms with Crippen molar-refractivity contribution in [3.63, 3.8) is 0 Å². The topological polar surface area (TPSA) is 105 Å². The third kappa shape index (κ3) is 3.66. The maximum absolute atomic E-state index is 12.9. The molecule has 4 heterocycles. The Morgan fingerprint density at radius 2 is 2.14 bits per heavy atom. The van der Waals surface area contributed by atoms with E-state index in [0.29, 0.717) is 41.6 Å². The number of amides is 1. The van der Waals surface area contributed by atoms with E-state index in [4.69, 9.17) is 0 Å². The van der Waals surface area contributed by atoms with Gasteiger partial charge in [0.2, 0.25) is 0 Å². The Hall–Kier alpha value is -3.42. The maximum atomic E-state index is 12.9. The van der Waals surface area contributed by atoms with Crippen LogP contribution in [0.1, 0.15) is 40.5 Å². The number of nitrogens with zero attached hydrogens (tertiary/aromatic N) is 5. The van der Waals surface area contributed by atoms with Gasteiger partial charge in [-0.25, -0.2) is 9.97 Å². The number of hydrogen-bond acceptors (Lipinski definition) is 6. The molecule has 0 aromatic carbocycles. The van der Waals surface area contributed by atoms with Crippen molar-refractivity contribution in [2.24, 2.45) is 0 Å². The Kier molecular flexibility index (Phi) is 4.92. The molecule has 1 aliphatic rings. The molecule has 4 rings (SSSR count). The molecule has 0 saturated carbocycles. The average molecular weight is 376 g/mol. The lowest BCUT2D eigenvalue weighted by Crippen LogP contribution is -2.40. The van der Waals surface area contributed by atoms with E-state index in [0.717, 1.165) is 12.8 Å². The van der Waals surface area contributed by atoms with Gasteiger partial charge in [-0.15, -0.1) is 0 Å². The minimum absolute atomic E-state index is 0.00704. The predicted octanol–water partition coefficient (Wildman–Crippen LogP) is 1.95. The zero-order valence-electron chi connectivity index (χ0n) is 15.5. The largest absolute Gasteiger partial charge is 0.338 e. The van der Waals surface area contributed by atoms with Crippen molar-refractivity contribution in [3.8, 4) is 11.5 Å². The fraction of sp³-hybridized carbons (Fsp3) is 0.300. The lowest BCUT2D eigenvalue weighted by Gasteiger charge is -2.32. The van der Waals surface area contributed by atoms with Crippen molar-refractivity contribution in [2.75, 3.05) is 13.1 Å². The van der Waals surface area contributed by atoms with E-state index in [-0.39, 0.29) is 17.4 Å². The summed E-state index contributed by atoms with van der Waals surface area (Å²) < 4.78 is 0. The lowest BCUT2D eigenvalue weighted by molar-refractivity contribution is 0.0704. The van der Waals surface area contributed by atoms with Gasteiger partial charge in [-0.05, 0) is 31.9 Å². The van der Waals surface area contributed by atoms with Crippen LogP contribution in [0.3, 0.4) is 0 Å². The van der Waals surface area contributed by atoms with Crippen LogP contribution in [0, 0.1) is 6.92 Å². The summed E-state index contributed by atoms with van der Waals surface area (Å²) in [4.78, 5) is 46.7. The second-order valence-corrected chi connectivity index (χ2v) is 6.84. The van der Waals surface area contributed by atoms with Gasteiger partial charge in [0.05, 0.1) is 17.5 Å². The smallest absolute Gasteiger partial charge is 0.255 e. The Balaban J connectivity index is 1.60. The molecule has 3 aromatic heterocycles. The Bertz CT molecular complexity index is 1050. The van der Waals surface area contributed by atoms with Gasteiger partial charge in [0.25, 0.3) is 11.5 Å². The molecule has 3 aromatic rings. The molecule has 1 saturated heterocycles. The minimum atomic E-state index is -0.239. The number of aromatic nitrogens is 5. The molecule has 8 heteroatoms. The molecule has 1 unspecified atom stereocenters. The van der Waals surface area contributed by atoms with Crippen molar-refractivity contribution in [3.05, 3.63) is 70.3 Å². The van der Waals surface area contributed by atoms with Crippen LogP contribution in [0.4, 0.5) is 0 Å². The van der Waals surface area contributed by atoms with Gasteiger partial charge in [0.1, 0.15) is 5.69 Å². The maximum Gasteiger partial charge on any atom is 0.255 e. The molecule has 0 radical (unpaired) electrons. The van der Waals surface area contributed by atoms with Crippen LogP contribution < -0.4 is 5.56 Å². The van der Waals surface area contributed by atoms with Crippen LogP contribution in [-0.2, 0) is 0 Å². The number of hydrogen-bond donors (Lipinski definition) is 1. The molecular formula is C20H20N6O2. The Morgan fingerprint density at radius 3 is 2.93 bits per heavy atom. The van der Waals surface area contributed by atoms with Gasteiger partial charge < -0.3 is 9.88 Å². The highest BCUT2D eigenvalue weighted by molar-refractivity contribution is 5.95.